The third-order valence-electron chi connectivity index (χ3n) is 3.60. The molecule has 0 spiro atoms. The van der Waals surface area contributed by atoms with E-state index in [1.807, 2.05) is 19.1 Å². The standard InChI is InChI=1S/C18H21NO2/c1-12-9-10-13(2)16(11-12)14(3)19-18(20)15-7-5-6-8-17(15)21-4/h5-11,14H,1-4H3,(H,19,20). The molecule has 21 heavy (non-hydrogen) atoms. The fraction of sp³-hybridized carbons (Fsp3) is 0.278. The number of para-hydroxylation sites is 1. The van der Waals surface area contributed by atoms with E-state index >= 15 is 0 Å². The van der Waals surface area contributed by atoms with Crippen molar-refractivity contribution in [1.82, 2.24) is 5.32 Å². The molecule has 1 unspecified atom stereocenters. The molecule has 0 saturated carbocycles. The van der Waals surface area contributed by atoms with Crippen molar-refractivity contribution in [3.63, 3.8) is 0 Å². The monoisotopic (exact) mass is 283 g/mol. The molecule has 3 nitrogen and oxygen atoms in total. The first-order chi connectivity index (χ1) is 10.0. The molecule has 0 heterocycles. The van der Waals surface area contributed by atoms with Crippen LogP contribution in [0.25, 0.3) is 0 Å². The summed E-state index contributed by atoms with van der Waals surface area (Å²) in [7, 11) is 1.57. The van der Waals surface area contributed by atoms with E-state index in [1.54, 1.807) is 19.2 Å². The highest BCUT2D eigenvalue weighted by atomic mass is 16.5. The van der Waals surface area contributed by atoms with E-state index in [9.17, 15) is 4.79 Å². The Hall–Kier alpha value is -2.29. The molecule has 3 heteroatoms. The second kappa shape index (κ2) is 6.44. The van der Waals surface area contributed by atoms with E-state index in [4.69, 9.17) is 4.74 Å². The average Bonchev–Trinajstić information content (AvgIpc) is 2.49. The Morgan fingerprint density at radius 3 is 2.57 bits per heavy atom. The smallest absolute Gasteiger partial charge is 0.255 e. The molecule has 0 bridgehead atoms. The number of nitrogens with one attached hydrogen (secondary N) is 1. The predicted molar refractivity (Wildman–Crippen MR) is 84.8 cm³/mol. The van der Waals surface area contributed by atoms with Crippen molar-refractivity contribution in [2.45, 2.75) is 26.8 Å². The Kier molecular flexibility index (Phi) is 4.63. The van der Waals surface area contributed by atoms with Crippen LogP contribution in [0.3, 0.4) is 0 Å². The minimum Gasteiger partial charge on any atom is -0.496 e. The van der Waals surface area contributed by atoms with E-state index in [0.29, 0.717) is 11.3 Å². The predicted octanol–water partition coefficient (Wildman–Crippen LogP) is 3.80. The summed E-state index contributed by atoms with van der Waals surface area (Å²) in [4.78, 5) is 12.4. The van der Waals surface area contributed by atoms with Gasteiger partial charge in [0.2, 0.25) is 0 Å². The van der Waals surface area contributed by atoms with Crippen LogP contribution >= 0.6 is 0 Å². The maximum atomic E-state index is 12.4. The molecule has 110 valence electrons. The quantitative estimate of drug-likeness (QED) is 0.926. The average molecular weight is 283 g/mol. The van der Waals surface area contributed by atoms with Crippen molar-refractivity contribution in [3.8, 4) is 5.75 Å². The lowest BCUT2D eigenvalue weighted by Gasteiger charge is -2.18. The van der Waals surface area contributed by atoms with Crippen LogP contribution in [0.2, 0.25) is 0 Å². The van der Waals surface area contributed by atoms with Gasteiger partial charge in [-0.25, -0.2) is 0 Å². The molecular formula is C18H21NO2. The van der Waals surface area contributed by atoms with E-state index < -0.39 is 0 Å². The maximum absolute atomic E-state index is 12.4. The van der Waals surface area contributed by atoms with Crippen LogP contribution in [0.4, 0.5) is 0 Å². The van der Waals surface area contributed by atoms with Crippen LogP contribution in [-0.2, 0) is 0 Å². The number of hydrogen-bond acceptors (Lipinski definition) is 2. The highest BCUT2D eigenvalue weighted by Crippen LogP contribution is 2.21. The molecule has 0 aliphatic heterocycles. The minimum atomic E-state index is -0.124. The van der Waals surface area contributed by atoms with Gasteiger partial charge in [0.25, 0.3) is 5.91 Å². The summed E-state index contributed by atoms with van der Waals surface area (Å²) in [5, 5.41) is 3.04. The molecule has 2 rings (SSSR count). The first kappa shape index (κ1) is 15.1. The molecule has 0 aliphatic carbocycles. The van der Waals surface area contributed by atoms with Crippen LogP contribution in [0.1, 0.15) is 40.0 Å². The van der Waals surface area contributed by atoms with Crippen molar-refractivity contribution in [2.24, 2.45) is 0 Å². The zero-order chi connectivity index (χ0) is 15.4. The summed E-state index contributed by atoms with van der Waals surface area (Å²) in [5.41, 5.74) is 4.05. The normalized spacial score (nSPS) is 11.8. The fourth-order valence-electron chi connectivity index (χ4n) is 2.41. The van der Waals surface area contributed by atoms with Gasteiger partial charge < -0.3 is 10.1 Å². The van der Waals surface area contributed by atoms with E-state index in [0.717, 1.165) is 5.56 Å². The minimum absolute atomic E-state index is 0.0534. The molecule has 0 aliphatic rings. The molecule has 2 aromatic rings. The largest absolute Gasteiger partial charge is 0.496 e. The van der Waals surface area contributed by atoms with Gasteiger partial charge >= 0.3 is 0 Å². The Bertz CT molecular complexity index is 649. The van der Waals surface area contributed by atoms with Crippen LogP contribution < -0.4 is 10.1 Å². The lowest BCUT2D eigenvalue weighted by Crippen LogP contribution is -2.27. The summed E-state index contributed by atoms with van der Waals surface area (Å²) < 4.78 is 5.24. The Labute approximate surface area is 126 Å². The maximum Gasteiger partial charge on any atom is 0.255 e. The number of benzene rings is 2. The highest BCUT2D eigenvalue weighted by molar-refractivity contribution is 5.97. The zero-order valence-corrected chi connectivity index (χ0v) is 12.9. The SMILES string of the molecule is COc1ccccc1C(=O)NC(C)c1cc(C)ccc1C. The molecule has 0 aromatic heterocycles. The number of methoxy groups -OCH3 is 1. The molecule has 1 amide bonds. The van der Waals surface area contributed by atoms with Gasteiger partial charge in [-0.3, -0.25) is 4.79 Å². The van der Waals surface area contributed by atoms with E-state index in [-0.39, 0.29) is 11.9 Å². The summed E-state index contributed by atoms with van der Waals surface area (Å²) in [6.45, 7) is 6.10. The van der Waals surface area contributed by atoms with Crippen molar-refractivity contribution < 1.29 is 9.53 Å². The first-order valence-electron chi connectivity index (χ1n) is 7.04. The number of rotatable bonds is 4. The third-order valence-corrected chi connectivity index (χ3v) is 3.60. The molecular weight excluding hydrogens is 262 g/mol. The molecule has 2 aromatic carbocycles. The van der Waals surface area contributed by atoms with E-state index in [2.05, 4.69) is 37.4 Å². The van der Waals surface area contributed by atoms with Crippen LogP contribution in [0.15, 0.2) is 42.5 Å². The van der Waals surface area contributed by atoms with Gasteiger partial charge in [-0.2, -0.15) is 0 Å². The number of aryl methyl sites for hydroxylation is 2. The van der Waals surface area contributed by atoms with Crippen molar-refractivity contribution in [3.05, 3.63) is 64.7 Å². The van der Waals surface area contributed by atoms with Gasteiger partial charge in [-0.15, -0.1) is 0 Å². The molecule has 1 N–H and O–H groups in total. The number of hydrogen-bond donors (Lipinski definition) is 1. The summed E-state index contributed by atoms with van der Waals surface area (Å²) in [5.74, 6) is 0.462. The van der Waals surface area contributed by atoms with Gasteiger partial charge in [0, 0.05) is 0 Å². The highest BCUT2D eigenvalue weighted by Gasteiger charge is 2.16. The Morgan fingerprint density at radius 1 is 1.14 bits per heavy atom. The summed E-state index contributed by atoms with van der Waals surface area (Å²) >= 11 is 0. The fourth-order valence-corrected chi connectivity index (χ4v) is 2.41. The molecule has 0 radical (unpaired) electrons. The van der Waals surface area contributed by atoms with Gasteiger partial charge in [0.15, 0.2) is 0 Å². The van der Waals surface area contributed by atoms with Crippen LogP contribution in [0, 0.1) is 13.8 Å². The first-order valence-corrected chi connectivity index (χ1v) is 7.04. The summed E-state index contributed by atoms with van der Waals surface area (Å²) in [6.07, 6.45) is 0. The van der Waals surface area contributed by atoms with Crippen molar-refractivity contribution in [1.29, 1.82) is 0 Å². The molecule has 0 saturated heterocycles. The topological polar surface area (TPSA) is 38.3 Å². The van der Waals surface area contributed by atoms with Crippen LogP contribution in [0.5, 0.6) is 5.75 Å². The summed E-state index contributed by atoms with van der Waals surface area (Å²) in [6, 6.07) is 13.5. The third kappa shape index (κ3) is 3.43. The molecule has 1 atom stereocenters. The van der Waals surface area contributed by atoms with Gasteiger partial charge in [0.1, 0.15) is 5.75 Å². The van der Waals surface area contributed by atoms with Crippen LogP contribution in [-0.4, -0.2) is 13.0 Å². The second-order valence-corrected chi connectivity index (χ2v) is 5.26. The second-order valence-electron chi connectivity index (χ2n) is 5.26. The Balaban J connectivity index is 2.21. The Morgan fingerprint density at radius 2 is 1.86 bits per heavy atom. The van der Waals surface area contributed by atoms with Crippen molar-refractivity contribution >= 4 is 5.91 Å². The number of ether oxygens (including phenoxy) is 1. The number of carbonyl (C=O) groups excluding carboxylic acids is 1. The zero-order valence-electron chi connectivity index (χ0n) is 12.9. The van der Waals surface area contributed by atoms with Crippen molar-refractivity contribution in [2.75, 3.05) is 7.11 Å². The van der Waals surface area contributed by atoms with E-state index in [1.165, 1.54) is 11.1 Å². The molecule has 0 fully saturated rings. The lowest BCUT2D eigenvalue weighted by molar-refractivity contribution is 0.0937. The lowest BCUT2D eigenvalue weighted by atomic mass is 9.99. The van der Waals surface area contributed by atoms with Gasteiger partial charge in [-0.05, 0) is 44.0 Å². The van der Waals surface area contributed by atoms with Gasteiger partial charge in [0.05, 0.1) is 18.7 Å². The van der Waals surface area contributed by atoms with Gasteiger partial charge in [-0.1, -0.05) is 35.9 Å². The number of carbonyl (C=O) groups is 1. The number of amides is 1.